The van der Waals surface area contributed by atoms with Crippen molar-refractivity contribution in [3.05, 3.63) is 120 Å². The molecule has 0 radical (unpaired) electrons. The summed E-state index contributed by atoms with van der Waals surface area (Å²) < 4.78 is 12.1. The van der Waals surface area contributed by atoms with Crippen LogP contribution in [0.15, 0.2) is 103 Å². The number of esters is 1. The Bertz CT molecular complexity index is 1060. The van der Waals surface area contributed by atoms with E-state index in [4.69, 9.17) is 9.47 Å². The van der Waals surface area contributed by atoms with Gasteiger partial charge in [-0.25, -0.2) is 0 Å². The molecule has 2 fully saturated rings. The fraction of sp³-hybridized carbons (Fsp3) is 0.276. The van der Waals surface area contributed by atoms with Crippen LogP contribution >= 0.6 is 0 Å². The molecule has 1 aliphatic carbocycles. The third-order valence-corrected chi connectivity index (χ3v) is 6.95. The first-order chi connectivity index (χ1) is 15.7. The normalized spacial score (nSPS) is 27.1. The molecule has 1 saturated carbocycles. The SMILES string of the molecule is C=C1C[C@@H]([C@@H]2C(=O)O[C@@H](c3ccccc3)[C@H]2c2ccccc2)[C@@H]1COCc1ccccc1. The zero-order valence-corrected chi connectivity index (χ0v) is 18.1. The van der Waals surface area contributed by atoms with Gasteiger partial charge in [0.1, 0.15) is 6.10 Å². The molecule has 1 saturated heterocycles. The van der Waals surface area contributed by atoms with Gasteiger partial charge in [-0.1, -0.05) is 103 Å². The maximum atomic E-state index is 13.2. The molecule has 0 amide bonds. The second-order valence-corrected chi connectivity index (χ2v) is 8.86. The summed E-state index contributed by atoms with van der Waals surface area (Å²) in [5, 5.41) is 0. The van der Waals surface area contributed by atoms with Crippen LogP contribution in [-0.2, 0) is 20.9 Å². The van der Waals surface area contributed by atoms with Crippen molar-refractivity contribution in [1.82, 2.24) is 0 Å². The summed E-state index contributed by atoms with van der Waals surface area (Å²) in [5.41, 5.74) is 4.53. The Hall–Kier alpha value is -3.17. The molecule has 0 N–H and O–H groups in total. The summed E-state index contributed by atoms with van der Waals surface area (Å²) in [6.45, 7) is 5.41. The zero-order valence-electron chi connectivity index (χ0n) is 18.1. The second-order valence-electron chi connectivity index (χ2n) is 8.86. The Morgan fingerprint density at radius 1 is 0.812 bits per heavy atom. The minimum absolute atomic E-state index is 0.0131. The number of cyclic esters (lactones) is 1. The van der Waals surface area contributed by atoms with Gasteiger partial charge in [-0.05, 0) is 29.0 Å². The molecule has 32 heavy (non-hydrogen) atoms. The molecule has 5 rings (SSSR count). The van der Waals surface area contributed by atoms with Crippen molar-refractivity contribution < 1.29 is 14.3 Å². The van der Waals surface area contributed by atoms with E-state index in [0.29, 0.717) is 13.2 Å². The van der Waals surface area contributed by atoms with Gasteiger partial charge < -0.3 is 9.47 Å². The average Bonchev–Trinajstić information content (AvgIpc) is 3.18. The number of carbonyl (C=O) groups is 1. The van der Waals surface area contributed by atoms with E-state index >= 15 is 0 Å². The van der Waals surface area contributed by atoms with Crippen LogP contribution in [0.25, 0.3) is 0 Å². The molecule has 1 heterocycles. The van der Waals surface area contributed by atoms with E-state index in [1.54, 1.807) is 0 Å². The summed E-state index contributed by atoms with van der Waals surface area (Å²) in [4.78, 5) is 13.2. The van der Waals surface area contributed by atoms with Gasteiger partial charge >= 0.3 is 5.97 Å². The van der Waals surface area contributed by atoms with E-state index in [2.05, 4.69) is 43.0 Å². The quantitative estimate of drug-likeness (QED) is 0.340. The van der Waals surface area contributed by atoms with Gasteiger partial charge in [0.2, 0.25) is 0 Å². The second kappa shape index (κ2) is 9.13. The highest BCUT2D eigenvalue weighted by atomic mass is 16.6. The molecule has 0 spiro atoms. The highest BCUT2D eigenvalue weighted by Gasteiger charge is 2.54. The van der Waals surface area contributed by atoms with Crippen molar-refractivity contribution in [3.8, 4) is 0 Å². The van der Waals surface area contributed by atoms with Gasteiger partial charge in [0, 0.05) is 11.8 Å². The Balaban J connectivity index is 1.38. The first kappa shape index (κ1) is 20.7. The minimum Gasteiger partial charge on any atom is -0.457 e. The smallest absolute Gasteiger partial charge is 0.310 e. The predicted molar refractivity (Wildman–Crippen MR) is 125 cm³/mol. The van der Waals surface area contributed by atoms with Crippen molar-refractivity contribution >= 4 is 5.97 Å². The van der Waals surface area contributed by atoms with E-state index in [1.165, 1.54) is 5.57 Å². The van der Waals surface area contributed by atoms with Crippen LogP contribution in [0, 0.1) is 17.8 Å². The number of ether oxygens (including phenoxy) is 2. The van der Waals surface area contributed by atoms with Crippen LogP contribution in [0.4, 0.5) is 0 Å². The number of carbonyl (C=O) groups excluding carboxylic acids is 1. The Morgan fingerprint density at radius 3 is 2.03 bits per heavy atom. The van der Waals surface area contributed by atoms with Crippen LogP contribution < -0.4 is 0 Å². The van der Waals surface area contributed by atoms with Crippen LogP contribution in [0.5, 0.6) is 0 Å². The van der Waals surface area contributed by atoms with Gasteiger partial charge in [-0.2, -0.15) is 0 Å². The highest BCUT2D eigenvalue weighted by Crippen LogP contribution is 2.56. The topological polar surface area (TPSA) is 35.5 Å². The summed E-state index contributed by atoms with van der Waals surface area (Å²) in [6.07, 6.45) is 0.583. The first-order valence-corrected chi connectivity index (χ1v) is 11.3. The maximum absolute atomic E-state index is 13.2. The third kappa shape index (κ3) is 4.01. The summed E-state index contributed by atoms with van der Waals surface area (Å²) >= 11 is 0. The molecule has 3 aromatic carbocycles. The van der Waals surface area contributed by atoms with Gasteiger partial charge in [-0.15, -0.1) is 0 Å². The van der Waals surface area contributed by atoms with Gasteiger partial charge in [0.15, 0.2) is 0 Å². The van der Waals surface area contributed by atoms with Crippen molar-refractivity contribution in [2.45, 2.75) is 25.0 Å². The van der Waals surface area contributed by atoms with E-state index in [1.807, 2.05) is 54.6 Å². The molecular weight excluding hydrogens is 396 g/mol. The molecule has 162 valence electrons. The fourth-order valence-electron chi connectivity index (χ4n) is 5.26. The lowest BCUT2D eigenvalue weighted by molar-refractivity contribution is -0.147. The third-order valence-electron chi connectivity index (χ3n) is 6.95. The zero-order chi connectivity index (χ0) is 21.9. The summed E-state index contributed by atoms with van der Waals surface area (Å²) in [5.74, 6) is 0.0548. The van der Waals surface area contributed by atoms with Crippen LogP contribution in [0.3, 0.4) is 0 Å². The van der Waals surface area contributed by atoms with Gasteiger partial charge in [0.25, 0.3) is 0 Å². The Labute approximate surface area is 189 Å². The van der Waals surface area contributed by atoms with Gasteiger partial charge in [-0.3, -0.25) is 4.79 Å². The van der Waals surface area contributed by atoms with Crippen molar-refractivity contribution in [3.63, 3.8) is 0 Å². The lowest BCUT2D eigenvalue weighted by atomic mass is 9.60. The molecule has 5 atom stereocenters. The molecule has 2 aliphatic rings. The number of hydrogen-bond donors (Lipinski definition) is 0. The van der Waals surface area contributed by atoms with E-state index in [-0.39, 0.29) is 35.7 Å². The number of rotatable bonds is 7. The predicted octanol–water partition coefficient (Wildman–Crippen LogP) is 6.09. The Kier molecular flexibility index (Phi) is 5.91. The highest BCUT2D eigenvalue weighted by molar-refractivity contribution is 5.78. The van der Waals surface area contributed by atoms with Crippen LogP contribution in [-0.4, -0.2) is 12.6 Å². The van der Waals surface area contributed by atoms with Crippen LogP contribution in [0.2, 0.25) is 0 Å². The number of hydrogen-bond acceptors (Lipinski definition) is 3. The summed E-state index contributed by atoms with van der Waals surface area (Å²) in [7, 11) is 0. The molecule has 0 bridgehead atoms. The fourth-order valence-corrected chi connectivity index (χ4v) is 5.26. The van der Waals surface area contributed by atoms with Crippen molar-refractivity contribution in [2.75, 3.05) is 6.61 Å². The molecule has 3 aromatic rings. The molecule has 1 aliphatic heterocycles. The maximum Gasteiger partial charge on any atom is 0.310 e. The first-order valence-electron chi connectivity index (χ1n) is 11.3. The average molecular weight is 425 g/mol. The lowest BCUT2D eigenvalue weighted by Gasteiger charge is -2.43. The summed E-state index contributed by atoms with van der Waals surface area (Å²) in [6, 6.07) is 30.6. The van der Waals surface area contributed by atoms with E-state index in [9.17, 15) is 4.79 Å². The van der Waals surface area contributed by atoms with Crippen LogP contribution in [0.1, 0.15) is 35.1 Å². The largest absolute Gasteiger partial charge is 0.457 e. The van der Waals surface area contributed by atoms with Crippen molar-refractivity contribution in [2.24, 2.45) is 17.8 Å². The van der Waals surface area contributed by atoms with E-state index in [0.717, 1.165) is 23.1 Å². The minimum atomic E-state index is -0.268. The molecule has 3 heteroatoms. The molecule has 0 unspecified atom stereocenters. The molecule has 3 nitrogen and oxygen atoms in total. The Morgan fingerprint density at radius 2 is 1.41 bits per heavy atom. The molecular formula is C29H28O3. The number of benzene rings is 3. The van der Waals surface area contributed by atoms with Crippen molar-refractivity contribution in [1.29, 1.82) is 0 Å². The monoisotopic (exact) mass is 424 g/mol. The standard InChI is InChI=1S/C29H28O3/c1-20-17-24(25(20)19-31-18-21-11-5-2-6-12-21)27-26(22-13-7-3-8-14-22)28(32-29(27)30)23-15-9-4-10-16-23/h2-16,24-28H,1,17-19H2/t24-,25-,26+,27+,28+/m1/s1. The van der Waals surface area contributed by atoms with E-state index < -0.39 is 0 Å². The molecule has 0 aromatic heterocycles. The van der Waals surface area contributed by atoms with Gasteiger partial charge in [0.05, 0.1) is 19.1 Å². The lowest BCUT2D eigenvalue weighted by Crippen LogP contribution is -2.41.